The highest BCUT2D eigenvalue weighted by Gasteiger charge is 2.12. The number of quaternary nitrogens is 1. The summed E-state index contributed by atoms with van der Waals surface area (Å²) in [5, 5.41) is 0. The summed E-state index contributed by atoms with van der Waals surface area (Å²) in [5.74, 6) is 0. The van der Waals surface area contributed by atoms with E-state index in [4.69, 9.17) is 0 Å². The first-order valence-corrected chi connectivity index (χ1v) is 4.60. The molecule has 0 unspecified atom stereocenters. The molecule has 0 fully saturated rings. The molecule has 11 heavy (non-hydrogen) atoms. The lowest BCUT2D eigenvalue weighted by Crippen LogP contribution is -2.37. The molecular weight excluding hydrogens is 134 g/mol. The highest BCUT2D eigenvalue weighted by atomic mass is 15.3. The van der Waals surface area contributed by atoms with Crippen molar-refractivity contribution >= 4 is 0 Å². The van der Waals surface area contributed by atoms with Crippen LogP contribution in [-0.2, 0) is 0 Å². The molecule has 1 nitrogen and oxygen atoms in total. The number of hydrogen-bond acceptors (Lipinski definition) is 0. The predicted molar refractivity (Wildman–Crippen MR) is 51.3 cm³/mol. The van der Waals surface area contributed by atoms with Crippen molar-refractivity contribution in [1.82, 2.24) is 0 Å². The van der Waals surface area contributed by atoms with Crippen LogP contribution < -0.4 is 0 Å². The van der Waals surface area contributed by atoms with Gasteiger partial charge in [-0.05, 0) is 32.8 Å². The highest BCUT2D eigenvalue weighted by molar-refractivity contribution is 4.91. The molecular formula is C10H22N+. The Morgan fingerprint density at radius 1 is 1.18 bits per heavy atom. The van der Waals surface area contributed by atoms with E-state index in [0.717, 1.165) is 4.48 Å². The van der Waals surface area contributed by atoms with E-state index in [1.54, 1.807) is 0 Å². The monoisotopic (exact) mass is 156 g/mol. The summed E-state index contributed by atoms with van der Waals surface area (Å²) in [4.78, 5) is 0. The lowest BCUT2D eigenvalue weighted by atomic mass is 10.2. The van der Waals surface area contributed by atoms with Crippen molar-refractivity contribution in [2.75, 3.05) is 20.1 Å². The summed E-state index contributed by atoms with van der Waals surface area (Å²) in [6.07, 6.45) is 3.55. The van der Waals surface area contributed by atoms with Crippen molar-refractivity contribution in [3.63, 3.8) is 0 Å². The lowest BCUT2D eigenvalue weighted by Gasteiger charge is -2.28. The van der Waals surface area contributed by atoms with Gasteiger partial charge in [0.05, 0.1) is 26.3 Å². The molecule has 0 N–H and O–H groups in total. The van der Waals surface area contributed by atoms with E-state index < -0.39 is 0 Å². The zero-order valence-electron chi connectivity index (χ0n) is 8.65. The number of nitrogens with zero attached hydrogens (tertiary/aromatic N) is 1. The van der Waals surface area contributed by atoms with E-state index in [0.29, 0.717) is 0 Å². The first kappa shape index (κ1) is 10.7. The summed E-state index contributed by atoms with van der Waals surface area (Å²) in [6, 6.07) is 0. The molecule has 0 spiro atoms. The Morgan fingerprint density at radius 3 is 1.91 bits per heavy atom. The van der Waals surface area contributed by atoms with Gasteiger partial charge in [0.15, 0.2) is 0 Å². The van der Waals surface area contributed by atoms with Crippen molar-refractivity contribution in [3.8, 4) is 0 Å². The molecule has 0 atom stereocenters. The summed E-state index contributed by atoms with van der Waals surface area (Å²) < 4.78 is 1.07. The van der Waals surface area contributed by atoms with E-state index in [2.05, 4.69) is 40.9 Å². The van der Waals surface area contributed by atoms with E-state index >= 15 is 0 Å². The first-order chi connectivity index (χ1) is 5.08. The minimum atomic E-state index is 1.07. The van der Waals surface area contributed by atoms with Crippen LogP contribution in [0.5, 0.6) is 0 Å². The van der Waals surface area contributed by atoms with E-state index in [-0.39, 0.29) is 0 Å². The van der Waals surface area contributed by atoms with Crippen LogP contribution in [0.15, 0.2) is 11.8 Å². The molecule has 0 aromatic heterocycles. The molecule has 0 aliphatic heterocycles. The molecule has 0 aromatic rings. The van der Waals surface area contributed by atoms with Crippen molar-refractivity contribution in [3.05, 3.63) is 11.8 Å². The van der Waals surface area contributed by atoms with Gasteiger partial charge in [-0.15, -0.1) is 0 Å². The third-order valence-corrected chi connectivity index (χ3v) is 2.53. The van der Waals surface area contributed by atoms with Crippen LogP contribution in [0.25, 0.3) is 0 Å². The smallest absolute Gasteiger partial charge is 0.0945 e. The van der Waals surface area contributed by atoms with Gasteiger partial charge in [0.25, 0.3) is 0 Å². The highest BCUT2D eigenvalue weighted by Crippen LogP contribution is 2.08. The fraction of sp³-hybridized carbons (Fsp3) is 0.800. The Morgan fingerprint density at radius 2 is 1.64 bits per heavy atom. The van der Waals surface area contributed by atoms with E-state index in [1.807, 2.05) is 0 Å². The van der Waals surface area contributed by atoms with Gasteiger partial charge in [0.2, 0.25) is 0 Å². The topological polar surface area (TPSA) is 0 Å². The average molecular weight is 156 g/mol. The largest absolute Gasteiger partial charge is 0.300 e. The van der Waals surface area contributed by atoms with Gasteiger partial charge in [-0.2, -0.15) is 0 Å². The minimum Gasteiger partial charge on any atom is -0.300 e. The number of allylic oxidation sites excluding steroid dienone is 1. The van der Waals surface area contributed by atoms with Crippen molar-refractivity contribution in [2.45, 2.75) is 34.1 Å². The fourth-order valence-corrected chi connectivity index (χ4v) is 1.03. The van der Waals surface area contributed by atoms with Gasteiger partial charge in [0.1, 0.15) is 0 Å². The predicted octanol–water partition coefficient (Wildman–Crippen LogP) is 2.79. The molecule has 0 amide bonds. The summed E-state index contributed by atoms with van der Waals surface area (Å²) in [7, 11) is 2.28. The SMILES string of the molecule is CCC(C)=C[N+](C)(CC)CC. The Balaban J connectivity index is 4.27. The maximum absolute atomic E-state index is 2.38. The zero-order chi connectivity index (χ0) is 8.91. The molecule has 0 heterocycles. The van der Waals surface area contributed by atoms with Gasteiger partial charge in [0, 0.05) is 0 Å². The molecule has 0 bridgehead atoms. The van der Waals surface area contributed by atoms with Crippen LogP contribution in [0.1, 0.15) is 34.1 Å². The third kappa shape index (κ3) is 3.57. The Hall–Kier alpha value is -0.300. The molecule has 0 rings (SSSR count). The quantitative estimate of drug-likeness (QED) is 0.549. The molecule has 0 aliphatic carbocycles. The average Bonchev–Trinajstić information content (AvgIpc) is 2.04. The van der Waals surface area contributed by atoms with Crippen LogP contribution in [-0.4, -0.2) is 24.6 Å². The second-order valence-corrected chi connectivity index (χ2v) is 3.44. The van der Waals surface area contributed by atoms with Crippen molar-refractivity contribution in [2.24, 2.45) is 0 Å². The van der Waals surface area contributed by atoms with Crippen molar-refractivity contribution in [1.29, 1.82) is 0 Å². The van der Waals surface area contributed by atoms with E-state index in [9.17, 15) is 0 Å². The van der Waals surface area contributed by atoms with Gasteiger partial charge in [-0.25, -0.2) is 0 Å². The second-order valence-electron chi connectivity index (χ2n) is 3.44. The van der Waals surface area contributed by atoms with Crippen LogP contribution in [0, 0.1) is 0 Å². The standard InChI is InChI=1S/C10H22N/c1-6-10(4)9-11(5,7-2)8-3/h9H,6-8H2,1-5H3/q+1. The second kappa shape index (κ2) is 4.55. The minimum absolute atomic E-state index is 1.07. The van der Waals surface area contributed by atoms with Gasteiger partial charge >= 0.3 is 0 Å². The molecule has 0 radical (unpaired) electrons. The maximum Gasteiger partial charge on any atom is 0.0945 e. The molecule has 66 valence electrons. The Bertz CT molecular complexity index is 132. The number of rotatable bonds is 4. The van der Waals surface area contributed by atoms with Crippen LogP contribution in [0.4, 0.5) is 0 Å². The van der Waals surface area contributed by atoms with Crippen LogP contribution >= 0.6 is 0 Å². The molecule has 0 saturated carbocycles. The van der Waals surface area contributed by atoms with Crippen LogP contribution in [0.3, 0.4) is 0 Å². The Labute approximate surface area is 71.3 Å². The van der Waals surface area contributed by atoms with Crippen LogP contribution in [0.2, 0.25) is 0 Å². The van der Waals surface area contributed by atoms with Crippen molar-refractivity contribution < 1.29 is 4.48 Å². The molecule has 0 aliphatic rings. The Kier molecular flexibility index (Phi) is 4.43. The maximum atomic E-state index is 2.38. The molecule has 0 aromatic carbocycles. The van der Waals surface area contributed by atoms with E-state index in [1.165, 1.54) is 25.1 Å². The fourth-order valence-electron chi connectivity index (χ4n) is 1.03. The molecule has 1 heteroatoms. The van der Waals surface area contributed by atoms with Gasteiger partial charge in [-0.1, -0.05) is 6.92 Å². The zero-order valence-corrected chi connectivity index (χ0v) is 8.65. The number of hydrogen-bond donors (Lipinski definition) is 0. The first-order valence-electron chi connectivity index (χ1n) is 4.60. The molecule has 0 saturated heterocycles. The van der Waals surface area contributed by atoms with Gasteiger partial charge in [-0.3, -0.25) is 0 Å². The lowest BCUT2D eigenvalue weighted by molar-refractivity contribution is -0.856. The summed E-state index contributed by atoms with van der Waals surface area (Å²) in [5.41, 5.74) is 1.50. The third-order valence-electron chi connectivity index (χ3n) is 2.53. The summed E-state index contributed by atoms with van der Waals surface area (Å²) >= 11 is 0. The summed E-state index contributed by atoms with van der Waals surface area (Å²) in [6.45, 7) is 11.3. The van der Waals surface area contributed by atoms with Gasteiger partial charge < -0.3 is 4.48 Å². The normalized spacial score (nSPS) is 13.7.